The van der Waals surface area contributed by atoms with E-state index in [9.17, 15) is 14.9 Å². The zero-order valence-electron chi connectivity index (χ0n) is 13.5. The second-order valence-electron chi connectivity index (χ2n) is 5.24. The lowest BCUT2D eigenvalue weighted by Crippen LogP contribution is -2.15. The number of nitrogens with zero attached hydrogens (tertiary/aromatic N) is 3. The van der Waals surface area contributed by atoms with Gasteiger partial charge < -0.3 is 10.1 Å². The van der Waals surface area contributed by atoms with Crippen molar-refractivity contribution in [2.45, 2.75) is 6.61 Å². The maximum absolute atomic E-state index is 12.3. The first-order valence-corrected chi connectivity index (χ1v) is 7.67. The van der Waals surface area contributed by atoms with Crippen LogP contribution >= 0.6 is 0 Å². The van der Waals surface area contributed by atoms with Gasteiger partial charge in [-0.3, -0.25) is 14.9 Å². The van der Waals surface area contributed by atoms with Crippen LogP contribution in [-0.2, 0) is 6.61 Å². The van der Waals surface area contributed by atoms with Crippen molar-refractivity contribution >= 4 is 17.3 Å². The van der Waals surface area contributed by atoms with E-state index in [4.69, 9.17) is 4.74 Å². The molecule has 0 bridgehead atoms. The summed E-state index contributed by atoms with van der Waals surface area (Å²) in [5, 5.41) is 13.5. The van der Waals surface area contributed by atoms with E-state index in [1.807, 2.05) is 30.3 Å². The fourth-order valence-electron chi connectivity index (χ4n) is 2.20. The molecule has 0 saturated carbocycles. The highest BCUT2D eigenvalue weighted by Gasteiger charge is 2.17. The van der Waals surface area contributed by atoms with Crippen molar-refractivity contribution in [1.82, 2.24) is 9.97 Å². The van der Waals surface area contributed by atoms with Crippen LogP contribution in [0, 0.1) is 10.1 Å². The minimum atomic E-state index is -0.591. The SMILES string of the molecule is O=C(Nc1ccccc1[N+](=O)[O-])c1cc(OCc2ccccc2)ncn1. The zero-order chi connectivity index (χ0) is 18.4. The normalized spacial score (nSPS) is 10.2. The van der Waals surface area contributed by atoms with E-state index in [-0.39, 0.29) is 22.9 Å². The van der Waals surface area contributed by atoms with Crippen molar-refractivity contribution in [1.29, 1.82) is 0 Å². The molecular weight excluding hydrogens is 336 g/mol. The number of aromatic nitrogens is 2. The van der Waals surface area contributed by atoms with E-state index in [2.05, 4.69) is 15.3 Å². The first-order valence-electron chi connectivity index (χ1n) is 7.67. The van der Waals surface area contributed by atoms with Gasteiger partial charge in [0.25, 0.3) is 11.6 Å². The van der Waals surface area contributed by atoms with Gasteiger partial charge in [-0.15, -0.1) is 0 Å². The summed E-state index contributed by atoms with van der Waals surface area (Å²) in [6.07, 6.45) is 1.20. The fourth-order valence-corrected chi connectivity index (χ4v) is 2.20. The van der Waals surface area contributed by atoms with Crippen molar-refractivity contribution in [2.75, 3.05) is 5.32 Å². The molecule has 8 heteroatoms. The summed E-state index contributed by atoms with van der Waals surface area (Å²) in [6.45, 7) is 0.295. The van der Waals surface area contributed by atoms with Gasteiger partial charge in [-0.25, -0.2) is 9.97 Å². The molecule has 1 aromatic heterocycles. The van der Waals surface area contributed by atoms with Crippen LogP contribution in [0.25, 0.3) is 0 Å². The standard InChI is InChI=1S/C18H14N4O4/c23-18(21-14-8-4-5-9-16(14)22(24)25)15-10-17(20-12-19-15)26-11-13-6-2-1-3-7-13/h1-10,12H,11H2,(H,21,23). The first-order chi connectivity index (χ1) is 12.6. The third-order valence-corrected chi connectivity index (χ3v) is 3.45. The molecule has 1 heterocycles. The Kier molecular flexibility index (Phi) is 5.14. The minimum absolute atomic E-state index is 0.0428. The summed E-state index contributed by atoms with van der Waals surface area (Å²) in [5.41, 5.74) is 0.890. The predicted octanol–water partition coefficient (Wildman–Crippen LogP) is 3.22. The second kappa shape index (κ2) is 7.84. The zero-order valence-corrected chi connectivity index (χ0v) is 13.5. The van der Waals surface area contributed by atoms with Crippen LogP contribution < -0.4 is 10.1 Å². The van der Waals surface area contributed by atoms with Crippen LogP contribution in [0.3, 0.4) is 0 Å². The van der Waals surface area contributed by atoms with Gasteiger partial charge in [0.2, 0.25) is 5.88 Å². The summed E-state index contributed by atoms with van der Waals surface area (Å²) in [5.74, 6) is -0.358. The Hall–Kier alpha value is -3.81. The molecule has 3 rings (SSSR count). The Bertz CT molecular complexity index is 931. The number of amides is 1. The highest BCUT2D eigenvalue weighted by molar-refractivity contribution is 6.04. The van der Waals surface area contributed by atoms with Gasteiger partial charge in [0, 0.05) is 12.1 Å². The molecule has 8 nitrogen and oxygen atoms in total. The maximum Gasteiger partial charge on any atom is 0.292 e. The van der Waals surface area contributed by atoms with Gasteiger partial charge in [0.15, 0.2) is 0 Å². The average molecular weight is 350 g/mol. The number of para-hydroxylation sites is 2. The Morgan fingerprint density at radius 3 is 2.58 bits per heavy atom. The van der Waals surface area contributed by atoms with E-state index in [0.29, 0.717) is 6.61 Å². The molecule has 0 unspecified atom stereocenters. The van der Waals surface area contributed by atoms with Gasteiger partial charge in [-0.05, 0) is 11.6 Å². The van der Waals surface area contributed by atoms with E-state index in [1.165, 1.54) is 30.6 Å². The van der Waals surface area contributed by atoms with Gasteiger partial charge in [0.05, 0.1) is 4.92 Å². The van der Waals surface area contributed by atoms with Crippen molar-refractivity contribution < 1.29 is 14.5 Å². The first kappa shape index (κ1) is 17.0. The number of carbonyl (C=O) groups is 1. The van der Waals surface area contributed by atoms with Crippen LogP contribution in [0.5, 0.6) is 5.88 Å². The molecule has 0 aliphatic rings. The van der Waals surface area contributed by atoms with Crippen LogP contribution in [0.2, 0.25) is 0 Å². The predicted molar refractivity (Wildman–Crippen MR) is 93.9 cm³/mol. The summed E-state index contributed by atoms with van der Waals surface area (Å²) < 4.78 is 5.56. The molecule has 0 saturated heterocycles. The lowest BCUT2D eigenvalue weighted by Gasteiger charge is -2.07. The Balaban J connectivity index is 1.71. The van der Waals surface area contributed by atoms with Gasteiger partial charge in [-0.1, -0.05) is 42.5 Å². The number of carbonyl (C=O) groups excluding carboxylic acids is 1. The number of nitro groups is 1. The highest BCUT2D eigenvalue weighted by atomic mass is 16.6. The van der Waals surface area contributed by atoms with Gasteiger partial charge >= 0.3 is 0 Å². The van der Waals surface area contributed by atoms with Crippen LogP contribution in [0.15, 0.2) is 67.0 Å². The van der Waals surface area contributed by atoms with Crippen LogP contribution in [0.1, 0.15) is 16.1 Å². The van der Waals surface area contributed by atoms with E-state index < -0.39 is 10.8 Å². The lowest BCUT2D eigenvalue weighted by atomic mass is 10.2. The molecule has 0 atom stereocenters. The molecule has 3 aromatic rings. The van der Waals surface area contributed by atoms with E-state index in [1.54, 1.807) is 6.07 Å². The number of hydrogen-bond donors (Lipinski definition) is 1. The lowest BCUT2D eigenvalue weighted by molar-refractivity contribution is -0.383. The topological polar surface area (TPSA) is 107 Å². The minimum Gasteiger partial charge on any atom is -0.473 e. The number of rotatable bonds is 6. The number of ether oxygens (including phenoxy) is 1. The molecule has 0 fully saturated rings. The van der Waals surface area contributed by atoms with Gasteiger partial charge in [-0.2, -0.15) is 0 Å². The molecular formula is C18H14N4O4. The maximum atomic E-state index is 12.3. The smallest absolute Gasteiger partial charge is 0.292 e. The van der Waals surface area contributed by atoms with Crippen LogP contribution in [0.4, 0.5) is 11.4 Å². The molecule has 26 heavy (non-hydrogen) atoms. The molecule has 0 spiro atoms. The number of hydrogen-bond acceptors (Lipinski definition) is 6. The molecule has 0 aliphatic heterocycles. The molecule has 1 N–H and O–H groups in total. The average Bonchev–Trinajstić information content (AvgIpc) is 2.67. The Morgan fingerprint density at radius 2 is 1.81 bits per heavy atom. The highest BCUT2D eigenvalue weighted by Crippen LogP contribution is 2.23. The number of nitro benzene ring substituents is 1. The number of nitrogens with one attached hydrogen (secondary N) is 1. The molecule has 130 valence electrons. The summed E-state index contributed by atoms with van der Waals surface area (Å²) in [4.78, 5) is 30.7. The Morgan fingerprint density at radius 1 is 1.08 bits per heavy atom. The molecule has 0 aliphatic carbocycles. The molecule has 2 aromatic carbocycles. The monoisotopic (exact) mass is 350 g/mol. The van der Waals surface area contributed by atoms with E-state index >= 15 is 0 Å². The largest absolute Gasteiger partial charge is 0.473 e. The summed E-state index contributed by atoms with van der Waals surface area (Å²) in [6, 6.07) is 16.8. The molecule has 1 amide bonds. The second-order valence-corrected chi connectivity index (χ2v) is 5.24. The van der Waals surface area contributed by atoms with Gasteiger partial charge in [0.1, 0.15) is 24.3 Å². The van der Waals surface area contributed by atoms with Crippen molar-refractivity contribution in [3.8, 4) is 5.88 Å². The number of anilines is 1. The van der Waals surface area contributed by atoms with Crippen molar-refractivity contribution in [3.63, 3.8) is 0 Å². The van der Waals surface area contributed by atoms with Crippen LogP contribution in [-0.4, -0.2) is 20.8 Å². The van der Waals surface area contributed by atoms with Crippen molar-refractivity contribution in [2.24, 2.45) is 0 Å². The van der Waals surface area contributed by atoms with E-state index in [0.717, 1.165) is 5.56 Å². The third-order valence-electron chi connectivity index (χ3n) is 3.45. The number of benzene rings is 2. The third kappa shape index (κ3) is 4.18. The Labute approximate surface area is 148 Å². The fraction of sp³-hybridized carbons (Fsp3) is 0.0556. The quantitative estimate of drug-likeness (QED) is 0.540. The van der Waals surface area contributed by atoms with Crippen molar-refractivity contribution in [3.05, 3.63) is 88.4 Å². The summed E-state index contributed by atoms with van der Waals surface area (Å²) >= 11 is 0. The molecule has 0 radical (unpaired) electrons. The summed E-state index contributed by atoms with van der Waals surface area (Å²) in [7, 11) is 0.